The SMILES string of the molecule is CN(C=O)c1ccc(S(=O)(=O)N(C)C)cc1. The second-order valence-electron chi connectivity index (χ2n) is 3.50. The van der Waals surface area contributed by atoms with Crippen molar-refractivity contribution >= 4 is 22.1 Å². The fraction of sp³-hybridized carbons (Fsp3) is 0.300. The largest absolute Gasteiger partial charge is 0.318 e. The van der Waals surface area contributed by atoms with Crippen LogP contribution in [0.3, 0.4) is 0 Å². The Morgan fingerprint density at radius 1 is 1.06 bits per heavy atom. The molecule has 0 aliphatic carbocycles. The van der Waals surface area contributed by atoms with Crippen LogP contribution < -0.4 is 4.90 Å². The van der Waals surface area contributed by atoms with Crippen molar-refractivity contribution in [2.45, 2.75) is 4.90 Å². The number of anilines is 1. The molecule has 0 spiro atoms. The number of hydrogen-bond acceptors (Lipinski definition) is 3. The van der Waals surface area contributed by atoms with E-state index in [9.17, 15) is 13.2 Å². The molecule has 0 saturated heterocycles. The first-order valence-corrected chi connectivity index (χ1v) is 6.04. The van der Waals surface area contributed by atoms with Crippen LogP contribution in [0.5, 0.6) is 0 Å². The molecule has 0 heterocycles. The smallest absolute Gasteiger partial charge is 0.242 e. The monoisotopic (exact) mass is 242 g/mol. The Hall–Kier alpha value is -1.40. The summed E-state index contributed by atoms with van der Waals surface area (Å²) in [6.07, 6.45) is 0.662. The number of amides is 1. The average molecular weight is 242 g/mol. The molecule has 0 aliphatic rings. The Labute approximate surface area is 95.3 Å². The Kier molecular flexibility index (Phi) is 3.66. The summed E-state index contributed by atoms with van der Waals surface area (Å²) in [5.41, 5.74) is 0.646. The summed E-state index contributed by atoms with van der Waals surface area (Å²) >= 11 is 0. The number of sulfonamides is 1. The van der Waals surface area contributed by atoms with Gasteiger partial charge in [0.05, 0.1) is 4.90 Å². The topological polar surface area (TPSA) is 57.7 Å². The minimum absolute atomic E-state index is 0.209. The lowest BCUT2D eigenvalue weighted by Gasteiger charge is -2.13. The molecule has 0 atom stereocenters. The van der Waals surface area contributed by atoms with E-state index in [2.05, 4.69) is 0 Å². The van der Waals surface area contributed by atoms with E-state index in [1.807, 2.05) is 0 Å². The van der Waals surface area contributed by atoms with E-state index in [0.717, 1.165) is 4.31 Å². The summed E-state index contributed by atoms with van der Waals surface area (Å²) in [6, 6.07) is 6.13. The molecular formula is C10H14N2O3S. The van der Waals surface area contributed by atoms with Crippen molar-refractivity contribution in [2.24, 2.45) is 0 Å². The lowest BCUT2D eigenvalue weighted by Crippen LogP contribution is -2.22. The molecule has 16 heavy (non-hydrogen) atoms. The van der Waals surface area contributed by atoms with E-state index in [1.165, 1.54) is 31.1 Å². The normalized spacial score (nSPS) is 11.5. The minimum Gasteiger partial charge on any atom is -0.318 e. The molecule has 1 aromatic rings. The number of benzene rings is 1. The predicted molar refractivity (Wildman–Crippen MR) is 61.8 cm³/mol. The van der Waals surface area contributed by atoms with Crippen LogP contribution in [-0.2, 0) is 14.8 Å². The molecule has 0 unspecified atom stereocenters. The van der Waals surface area contributed by atoms with Crippen LogP contribution in [0.1, 0.15) is 0 Å². The average Bonchev–Trinajstić information content (AvgIpc) is 2.28. The van der Waals surface area contributed by atoms with Gasteiger partial charge in [0.2, 0.25) is 16.4 Å². The van der Waals surface area contributed by atoms with Crippen LogP contribution in [0.4, 0.5) is 5.69 Å². The summed E-state index contributed by atoms with van der Waals surface area (Å²) < 4.78 is 24.6. The highest BCUT2D eigenvalue weighted by Crippen LogP contribution is 2.17. The summed E-state index contributed by atoms with van der Waals surface area (Å²) in [7, 11) is 1.15. The highest BCUT2D eigenvalue weighted by molar-refractivity contribution is 7.89. The van der Waals surface area contributed by atoms with Crippen molar-refractivity contribution < 1.29 is 13.2 Å². The predicted octanol–water partition coefficient (Wildman–Crippen LogP) is 0.529. The maximum atomic E-state index is 11.7. The molecule has 0 aromatic heterocycles. The van der Waals surface area contributed by atoms with Gasteiger partial charge in [-0.2, -0.15) is 0 Å². The van der Waals surface area contributed by atoms with Crippen LogP contribution in [0.2, 0.25) is 0 Å². The number of hydrogen-bond donors (Lipinski definition) is 0. The van der Waals surface area contributed by atoms with Crippen LogP contribution >= 0.6 is 0 Å². The summed E-state index contributed by atoms with van der Waals surface area (Å²) in [4.78, 5) is 12.1. The van der Waals surface area contributed by atoms with Gasteiger partial charge >= 0.3 is 0 Å². The molecule has 1 amide bonds. The Morgan fingerprint density at radius 3 is 1.94 bits per heavy atom. The maximum absolute atomic E-state index is 11.7. The van der Waals surface area contributed by atoms with Crippen LogP contribution in [0.15, 0.2) is 29.2 Å². The van der Waals surface area contributed by atoms with E-state index in [4.69, 9.17) is 0 Å². The fourth-order valence-electron chi connectivity index (χ4n) is 1.12. The molecule has 5 nitrogen and oxygen atoms in total. The maximum Gasteiger partial charge on any atom is 0.242 e. The van der Waals surface area contributed by atoms with Crippen molar-refractivity contribution in [2.75, 3.05) is 26.0 Å². The molecule has 0 bridgehead atoms. The summed E-state index contributed by atoms with van der Waals surface area (Å²) in [6.45, 7) is 0. The van der Waals surface area contributed by atoms with E-state index in [0.29, 0.717) is 12.1 Å². The van der Waals surface area contributed by atoms with Crippen LogP contribution in [0.25, 0.3) is 0 Å². The van der Waals surface area contributed by atoms with Crippen molar-refractivity contribution in [3.63, 3.8) is 0 Å². The van der Waals surface area contributed by atoms with Gasteiger partial charge in [-0.3, -0.25) is 4.79 Å². The van der Waals surface area contributed by atoms with Gasteiger partial charge < -0.3 is 4.90 Å². The first-order chi connectivity index (χ1) is 7.39. The van der Waals surface area contributed by atoms with Crippen molar-refractivity contribution in [3.8, 4) is 0 Å². The molecule has 0 radical (unpaired) electrons. The standard InChI is InChI=1S/C10H14N2O3S/c1-11(2)16(14,15)10-6-4-9(5-7-10)12(3)8-13/h4-8H,1-3H3. The highest BCUT2D eigenvalue weighted by Gasteiger charge is 2.16. The van der Waals surface area contributed by atoms with E-state index < -0.39 is 10.0 Å². The third kappa shape index (κ3) is 2.40. The molecule has 6 heteroatoms. The zero-order valence-corrected chi connectivity index (χ0v) is 10.2. The quantitative estimate of drug-likeness (QED) is 0.724. The molecule has 0 saturated carbocycles. The second-order valence-corrected chi connectivity index (χ2v) is 5.65. The van der Waals surface area contributed by atoms with E-state index in [1.54, 1.807) is 19.2 Å². The lowest BCUT2D eigenvalue weighted by molar-refractivity contribution is -0.107. The Morgan fingerprint density at radius 2 is 1.56 bits per heavy atom. The van der Waals surface area contributed by atoms with Gasteiger partial charge in [0.25, 0.3) is 0 Å². The third-order valence-corrected chi connectivity index (χ3v) is 4.01. The van der Waals surface area contributed by atoms with Crippen molar-refractivity contribution in [3.05, 3.63) is 24.3 Å². The molecule has 0 fully saturated rings. The Balaban J connectivity index is 3.09. The molecule has 1 rings (SSSR count). The zero-order chi connectivity index (χ0) is 12.3. The molecule has 0 N–H and O–H groups in total. The van der Waals surface area contributed by atoms with Gasteiger partial charge in [-0.25, -0.2) is 12.7 Å². The zero-order valence-electron chi connectivity index (χ0n) is 9.41. The van der Waals surface area contributed by atoms with E-state index in [-0.39, 0.29) is 4.90 Å². The van der Waals surface area contributed by atoms with Gasteiger partial charge in [0, 0.05) is 26.8 Å². The first kappa shape index (κ1) is 12.7. The first-order valence-electron chi connectivity index (χ1n) is 4.60. The number of nitrogens with zero attached hydrogens (tertiary/aromatic N) is 2. The van der Waals surface area contributed by atoms with Crippen LogP contribution in [0, 0.1) is 0 Å². The van der Waals surface area contributed by atoms with Gasteiger partial charge in [0.15, 0.2) is 0 Å². The van der Waals surface area contributed by atoms with Gasteiger partial charge in [-0.15, -0.1) is 0 Å². The molecule has 88 valence electrons. The van der Waals surface area contributed by atoms with Gasteiger partial charge in [-0.05, 0) is 24.3 Å². The lowest BCUT2D eigenvalue weighted by atomic mass is 10.3. The van der Waals surface area contributed by atoms with Crippen molar-refractivity contribution in [1.82, 2.24) is 4.31 Å². The summed E-state index contributed by atoms with van der Waals surface area (Å²) in [5, 5.41) is 0. The molecule has 1 aromatic carbocycles. The number of carbonyl (C=O) groups excluding carboxylic acids is 1. The van der Waals surface area contributed by atoms with E-state index >= 15 is 0 Å². The third-order valence-electron chi connectivity index (χ3n) is 2.18. The van der Waals surface area contributed by atoms with Gasteiger partial charge in [0.1, 0.15) is 0 Å². The number of rotatable bonds is 4. The minimum atomic E-state index is -3.40. The Bertz CT molecular complexity index is 465. The fourth-order valence-corrected chi connectivity index (χ4v) is 2.03. The molecule has 0 aliphatic heterocycles. The van der Waals surface area contributed by atoms with Gasteiger partial charge in [-0.1, -0.05) is 0 Å². The van der Waals surface area contributed by atoms with Crippen LogP contribution in [-0.4, -0.2) is 40.3 Å². The molecular weight excluding hydrogens is 228 g/mol. The van der Waals surface area contributed by atoms with Crippen molar-refractivity contribution in [1.29, 1.82) is 0 Å². The summed E-state index contributed by atoms with van der Waals surface area (Å²) in [5.74, 6) is 0. The highest BCUT2D eigenvalue weighted by atomic mass is 32.2. The second kappa shape index (κ2) is 4.63. The number of carbonyl (C=O) groups is 1.